The van der Waals surface area contributed by atoms with Crippen LogP contribution in [0, 0.1) is 5.82 Å². The quantitative estimate of drug-likeness (QED) is 0.707. The van der Waals surface area contributed by atoms with Crippen LogP contribution in [-0.4, -0.2) is 24.3 Å². The van der Waals surface area contributed by atoms with Crippen molar-refractivity contribution in [2.75, 3.05) is 18.0 Å². The van der Waals surface area contributed by atoms with Gasteiger partial charge in [-0.05, 0) is 24.6 Å². The van der Waals surface area contributed by atoms with Crippen molar-refractivity contribution in [1.82, 2.24) is 0 Å². The first kappa shape index (κ1) is 8.51. The van der Waals surface area contributed by atoms with E-state index in [1.807, 2.05) is 11.0 Å². The number of rotatable bonds is 1. The lowest BCUT2D eigenvalue weighted by Gasteiger charge is -2.17. The molecule has 0 spiro atoms. The first-order valence-electron chi connectivity index (χ1n) is 4.44. The molecule has 3 heteroatoms. The Labute approximate surface area is 76.6 Å². The summed E-state index contributed by atoms with van der Waals surface area (Å²) >= 11 is 0. The summed E-state index contributed by atoms with van der Waals surface area (Å²) in [5.41, 5.74) is 0.858. The number of β-amino-alcohol motifs (C(OH)–C–C–N with tert-alkyl or cyclic N) is 1. The molecule has 1 saturated heterocycles. The van der Waals surface area contributed by atoms with Crippen molar-refractivity contribution in [3.63, 3.8) is 0 Å². The topological polar surface area (TPSA) is 23.5 Å². The molecule has 1 unspecified atom stereocenters. The minimum Gasteiger partial charge on any atom is -0.391 e. The summed E-state index contributed by atoms with van der Waals surface area (Å²) in [4.78, 5) is 1.99. The zero-order valence-electron chi connectivity index (χ0n) is 7.28. The third-order valence-corrected chi connectivity index (χ3v) is 2.34. The maximum absolute atomic E-state index is 12.8. The van der Waals surface area contributed by atoms with Crippen LogP contribution in [-0.2, 0) is 0 Å². The highest BCUT2D eigenvalue weighted by atomic mass is 19.1. The van der Waals surface area contributed by atoms with E-state index in [-0.39, 0.29) is 11.9 Å². The lowest BCUT2D eigenvalue weighted by Crippen LogP contribution is -2.21. The normalized spacial score (nSPS) is 22.3. The van der Waals surface area contributed by atoms with E-state index >= 15 is 0 Å². The zero-order valence-corrected chi connectivity index (χ0v) is 7.28. The predicted molar refractivity (Wildman–Crippen MR) is 49.2 cm³/mol. The van der Waals surface area contributed by atoms with E-state index in [9.17, 15) is 9.50 Å². The van der Waals surface area contributed by atoms with Crippen LogP contribution in [0.1, 0.15) is 6.42 Å². The molecule has 2 nitrogen and oxygen atoms in total. The highest BCUT2D eigenvalue weighted by molar-refractivity contribution is 5.47. The van der Waals surface area contributed by atoms with Gasteiger partial charge in [0.1, 0.15) is 5.82 Å². The SMILES string of the molecule is OC1CCN(c2cccc(F)c2)C1. The van der Waals surface area contributed by atoms with Crippen molar-refractivity contribution in [1.29, 1.82) is 0 Å². The minimum atomic E-state index is -0.261. The number of halogens is 1. The third-order valence-electron chi connectivity index (χ3n) is 2.34. The van der Waals surface area contributed by atoms with Gasteiger partial charge in [0.15, 0.2) is 0 Å². The summed E-state index contributed by atoms with van der Waals surface area (Å²) in [6, 6.07) is 6.48. The molecule has 13 heavy (non-hydrogen) atoms. The average Bonchev–Trinajstić information content (AvgIpc) is 2.52. The molecule has 1 aromatic rings. The summed E-state index contributed by atoms with van der Waals surface area (Å²) in [7, 11) is 0. The summed E-state index contributed by atoms with van der Waals surface area (Å²) in [5, 5.41) is 9.29. The summed E-state index contributed by atoms with van der Waals surface area (Å²) in [5.74, 6) is -0.223. The molecule has 1 aromatic carbocycles. The Hall–Kier alpha value is -1.09. The molecular weight excluding hydrogens is 169 g/mol. The molecule has 0 aromatic heterocycles. The molecule has 1 fully saturated rings. The Morgan fingerprint density at radius 3 is 2.92 bits per heavy atom. The Kier molecular flexibility index (Phi) is 2.19. The molecule has 1 aliphatic rings. The number of anilines is 1. The van der Waals surface area contributed by atoms with Crippen LogP contribution in [0.5, 0.6) is 0 Å². The van der Waals surface area contributed by atoms with Crippen LogP contribution in [0.15, 0.2) is 24.3 Å². The molecule has 1 atom stereocenters. The van der Waals surface area contributed by atoms with E-state index in [4.69, 9.17) is 0 Å². The van der Waals surface area contributed by atoms with E-state index in [2.05, 4.69) is 0 Å². The van der Waals surface area contributed by atoms with Gasteiger partial charge in [-0.2, -0.15) is 0 Å². The maximum atomic E-state index is 12.8. The van der Waals surface area contributed by atoms with Gasteiger partial charge < -0.3 is 10.0 Å². The lowest BCUT2D eigenvalue weighted by molar-refractivity contribution is 0.198. The van der Waals surface area contributed by atoms with Crippen LogP contribution < -0.4 is 4.90 Å². The number of benzene rings is 1. The van der Waals surface area contributed by atoms with E-state index in [0.717, 1.165) is 18.7 Å². The standard InChI is InChI=1S/C10H12FNO/c11-8-2-1-3-9(6-8)12-5-4-10(13)7-12/h1-3,6,10,13H,4-5,7H2. The van der Waals surface area contributed by atoms with Gasteiger partial charge in [-0.3, -0.25) is 0 Å². The highest BCUT2D eigenvalue weighted by Gasteiger charge is 2.20. The number of hydrogen-bond acceptors (Lipinski definition) is 2. The highest BCUT2D eigenvalue weighted by Crippen LogP contribution is 2.20. The summed E-state index contributed by atoms with van der Waals surface area (Å²) < 4.78 is 12.8. The van der Waals surface area contributed by atoms with E-state index < -0.39 is 0 Å². The van der Waals surface area contributed by atoms with Crippen LogP contribution in [0.3, 0.4) is 0 Å². The van der Waals surface area contributed by atoms with E-state index in [1.165, 1.54) is 12.1 Å². The minimum absolute atomic E-state index is 0.223. The van der Waals surface area contributed by atoms with E-state index in [0.29, 0.717) is 6.54 Å². The third kappa shape index (κ3) is 1.80. The van der Waals surface area contributed by atoms with Gasteiger partial charge in [-0.25, -0.2) is 4.39 Å². The first-order valence-corrected chi connectivity index (χ1v) is 4.44. The lowest BCUT2D eigenvalue weighted by atomic mass is 10.3. The fourth-order valence-electron chi connectivity index (χ4n) is 1.65. The molecule has 1 heterocycles. The van der Waals surface area contributed by atoms with Gasteiger partial charge in [-0.15, -0.1) is 0 Å². The zero-order chi connectivity index (χ0) is 9.26. The second kappa shape index (κ2) is 3.34. The van der Waals surface area contributed by atoms with Gasteiger partial charge in [0.2, 0.25) is 0 Å². The second-order valence-corrected chi connectivity index (χ2v) is 3.37. The Morgan fingerprint density at radius 2 is 2.31 bits per heavy atom. The molecule has 70 valence electrons. The average molecular weight is 181 g/mol. The molecule has 1 N–H and O–H groups in total. The number of nitrogens with zero attached hydrogens (tertiary/aromatic N) is 1. The van der Waals surface area contributed by atoms with E-state index in [1.54, 1.807) is 6.07 Å². The Morgan fingerprint density at radius 1 is 1.46 bits per heavy atom. The summed E-state index contributed by atoms with van der Waals surface area (Å²) in [6.07, 6.45) is 0.513. The van der Waals surface area contributed by atoms with Crippen LogP contribution in [0.2, 0.25) is 0 Å². The molecule has 0 amide bonds. The molecule has 0 saturated carbocycles. The number of aliphatic hydroxyl groups excluding tert-OH is 1. The van der Waals surface area contributed by atoms with Crippen molar-refractivity contribution in [2.45, 2.75) is 12.5 Å². The van der Waals surface area contributed by atoms with Crippen molar-refractivity contribution in [3.05, 3.63) is 30.1 Å². The van der Waals surface area contributed by atoms with Gasteiger partial charge >= 0.3 is 0 Å². The molecule has 0 aliphatic carbocycles. The fourth-order valence-corrected chi connectivity index (χ4v) is 1.65. The Balaban J connectivity index is 2.16. The van der Waals surface area contributed by atoms with Gasteiger partial charge in [-0.1, -0.05) is 6.07 Å². The smallest absolute Gasteiger partial charge is 0.125 e. The number of hydrogen-bond donors (Lipinski definition) is 1. The first-order chi connectivity index (χ1) is 6.25. The summed E-state index contributed by atoms with van der Waals surface area (Å²) in [6.45, 7) is 1.42. The van der Waals surface area contributed by atoms with Gasteiger partial charge in [0.05, 0.1) is 6.10 Å². The van der Waals surface area contributed by atoms with Crippen LogP contribution >= 0.6 is 0 Å². The molecule has 0 radical (unpaired) electrons. The van der Waals surface area contributed by atoms with Gasteiger partial charge in [0.25, 0.3) is 0 Å². The second-order valence-electron chi connectivity index (χ2n) is 3.37. The molecule has 0 bridgehead atoms. The van der Waals surface area contributed by atoms with Crippen molar-refractivity contribution in [2.24, 2.45) is 0 Å². The van der Waals surface area contributed by atoms with Crippen LogP contribution in [0.4, 0.5) is 10.1 Å². The maximum Gasteiger partial charge on any atom is 0.125 e. The largest absolute Gasteiger partial charge is 0.391 e. The number of aliphatic hydroxyl groups is 1. The Bertz CT molecular complexity index is 303. The fraction of sp³-hybridized carbons (Fsp3) is 0.400. The van der Waals surface area contributed by atoms with Crippen molar-refractivity contribution in [3.8, 4) is 0 Å². The molecular formula is C10H12FNO. The van der Waals surface area contributed by atoms with Crippen molar-refractivity contribution >= 4 is 5.69 Å². The molecule has 2 rings (SSSR count). The van der Waals surface area contributed by atoms with Gasteiger partial charge in [0, 0.05) is 18.8 Å². The monoisotopic (exact) mass is 181 g/mol. The molecule has 1 aliphatic heterocycles. The van der Waals surface area contributed by atoms with Crippen LogP contribution in [0.25, 0.3) is 0 Å². The van der Waals surface area contributed by atoms with Crippen molar-refractivity contribution < 1.29 is 9.50 Å². The predicted octanol–water partition coefficient (Wildman–Crippen LogP) is 1.40.